The monoisotopic (exact) mass is 103 g/mol. The van der Waals surface area contributed by atoms with Crippen molar-refractivity contribution in [1.82, 2.24) is 4.98 Å². The molecule has 0 unspecified atom stereocenters. The Hall–Kier alpha value is 0.280. The van der Waals surface area contributed by atoms with E-state index in [1.54, 1.807) is 6.20 Å². The van der Waals surface area contributed by atoms with Crippen molar-refractivity contribution < 1.29 is 29.6 Å². The summed E-state index contributed by atoms with van der Waals surface area (Å²) in [6, 6.07) is 3.90. The summed E-state index contributed by atoms with van der Waals surface area (Å²) in [5.41, 5.74) is 1.09. The number of aromatic nitrogens is 1. The summed E-state index contributed by atoms with van der Waals surface area (Å²) in [6.07, 6.45) is 1.79. The van der Waals surface area contributed by atoms with Gasteiger partial charge in [-0.2, -0.15) is 11.9 Å². The number of aryl methyl sites for hydroxylation is 1. The third kappa shape index (κ3) is 2.17. The summed E-state index contributed by atoms with van der Waals surface area (Å²) in [6.45, 7) is 1.97. The van der Waals surface area contributed by atoms with Gasteiger partial charge in [0.2, 0.25) is 0 Å². The molecule has 0 aliphatic heterocycles. The molecule has 1 nitrogen and oxygen atoms in total. The predicted molar refractivity (Wildman–Crippen MR) is 24.5 cm³/mol. The van der Waals surface area contributed by atoms with E-state index in [1.807, 2.05) is 19.1 Å². The first-order chi connectivity index (χ1) is 2.89. The molecule has 0 spiro atoms. The molecule has 0 atom stereocenters. The molecule has 0 bridgehead atoms. The van der Waals surface area contributed by atoms with Crippen molar-refractivity contribution in [2.75, 3.05) is 0 Å². The molecular formula is C5H6NNa. The van der Waals surface area contributed by atoms with Gasteiger partial charge in [0, 0.05) is 0 Å². The van der Waals surface area contributed by atoms with Crippen LogP contribution in [0.25, 0.3) is 0 Å². The van der Waals surface area contributed by atoms with E-state index in [4.69, 9.17) is 0 Å². The SMILES string of the molecule is Cc1ccc[n-]1.[Na+]. The molecule has 1 heterocycles. The second-order valence-corrected chi connectivity index (χ2v) is 1.28. The minimum Gasteiger partial charge on any atom is -0.668 e. The summed E-state index contributed by atoms with van der Waals surface area (Å²) < 4.78 is 0. The van der Waals surface area contributed by atoms with Gasteiger partial charge < -0.3 is 4.98 Å². The Labute approximate surface area is 65.4 Å². The Balaban J connectivity index is 0.000000360. The maximum Gasteiger partial charge on any atom is 1.00 e. The van der Waals surface area contributed by atoms with E-state index in [0.29, 0.717) is 0 Å². The summed E-state index contributed by atoms with van der Waals surface area (Å²) >= 11 is 0. The first kappa shape index (κ1) is 7.28. The Morgan fingerprint density at radius 3 is 2.43 bits per heavy atom. The fraction of sp³-hybridized carbons (Fsp3) is 0.200. The van der Waals surface area contributed by atoms with Crippen LogP contribution >= 0.6 is 0 Å². The first-order valence-corrected chi connectivity index (χ1v) is 1.94. The molecule has 0 amide bonds. The van der Waals surface area contributed by atoms with E-state index in [1.165, 1.54) is 0 Å². The van der Waals surface area contributed by atoms with E-state index in [-0.39, 0.29) is 29.6 Å². The van der Waals surface area contributed by atoms with Crippen LogP contribution in [-0.2, 0) is 0 Å². The molecule has 0 saturated carbocycles. The minimum absolute atomic E-state index is 0. The summed E-state index contributed by atoms with van der Waals surface area (Å²) in [7, 11) is 0. The van der Waals surface area contributed by atoms with Gasteiger partial charge in [-0.25, -0.2) is 0 Å². The van der Waals surface area contributed by atoms with Crippen molar-refractivity contribution in [3.8, 4) is 0 Å². The van der Waals surface area contributed by atoms with Crippen LogP contribution in [0.4, 0.5) is 0 Å². The van der Waals surface area contributed by atoms with E-state index >= 15 is 0 Å². The summed E-state index contributed by atoms with van der Waals surface area (Å²) in [4.78, 5) is 3.92. The van der Waals surface area contributed by atoms with Gasteiger partial charge in [0.1, 0.15) is 0 Å². The van der Waals surface area contributed by atoms with Crippen LogP contribution in [0.15, 0.2) is 18.3 Å². The van der Waals surface area contributed by atoms with Gasteiger partial charge in [0.15, 0.2) is 0 Å². The molecule has 0 fully saturated rings. The molecule has 1 aromatic rings. The van der Waals surface area contributed by atoms with Gasteiger partial charge in [-0.1, -0.05) is 19.1 Å². The van der Waals surface area contributed by atoms with Gasteiger partial charge in [0.25, 0.3) is 0 Å². The van der Waals surface area contributed by atoms with Crippen LogP contribution in [0.2, 0.25) is 0 Å². The van der Waals surface area contributed by atoms with E-state index in [0.717, 1.165) is 5.69 Å². The summed E-state index contributed by atoms with van der Waals surface area (Å²) in [5, 5.41) is 0. The van der Waals surface area contributed by atoms with Crippen LogP contribution in [0, 0.1) is 6.92 Å². The fourth-order valence-electron chi connectivity index (χ4n) is 0.386. The molecule has 7 heavy (non-hydrogen) atoms. The molecule has 32 valence electrons. The number of rotatable bonds is 0. The quantitative estimate of drug-likeness (QED) is 0.345. The molecule has 1 rings (SSSR count). The first-order valence-electron chi connectivity index (χ1n) is 1.94. The molecule has 0 radical (unpaired) electrons. The molecule has 0 N–H and O–H groups in total. The third-order valence-corrected chi connectivity index (χ3v) is 0.702. The second-order valence-electron chi connectivity index (χ2n) is 1.28. The molecule has 0 aliphatic rings. The zero-order chi connectivity index (χ0) is 4.41. The van der Waals surface area contributed by atoms with Crippen molar-refractivity contribution in [3.63, 3.8) is 0 Å². The molecule has 0 saturated heterocycles. The smallest absolute Gasteiger partial charge is 0.668 e. The maximum absolute atomic E-state index is 3.92. The molecular weight excluding hydrogens is 97.1 g/mol. The normalized spacial score (nSPS) is 7.57. The van der Waals surface area contributed by atoms with Crippen molar-refractivity contribution in [2.45, 2.75) is 6.92 Å². The Morgan fingerprint density at radius 2 is 2.29 bits per heavy atom. The van der Waals surface area contributed by atoms with Crippen molar-refractivity contribution in [3.05, 3.63) is 24.0 Å². The summed E-state index contributed by atoms with van der Waals surface area (Å²) in [5.74, 6) is 0. The van der Waals surface area contributed by atoms with Crippen molar-refractivity contribution >= 4 is 0 Å². The Morgan fingerprint density at radius 1 is 1.57 bits per heavy atom. The largest absolute Gasteiger partial charge is 1.00 e. The van der Waals surface area contributed by atoms with Crippen LogP contribution < -0.4 is 34.5 Å². The third-order valence-electron chi connectivity index (χ3n) is 0.702. The van der Waals surface area contributed by atoms with Crippen LogP contribution in [0.5, 0.6) is 0 Å². The molecule has 2 heteroatoms. The topological polar surface area (TPSA) is 14.1 Å². The average Bonchev–Trinajstić information content (AvgIpc) is 1.86. The molecule has 0 aliphatic carbocycles. The zero-order valence-corrected chi connectivity index (χ0v) is 6.68. The number of nitrogens with zero attached hydrogens (tertiary/aromatic N) is 1. The van der Waals surface area contributed by atoms with E-state index < -0.39 is 0 Å². The predicted octanol–water partition coefficient (Wildman–Crippen LogP) is -2.04. The van der Waals surface area contributed by atoms with Crippen LogP contribution in [-0.4, -0.2) is 0 Å². The average molecular weight is 103 g/mol. The van der Waals surface area contributed by atoms with Gasteiger partial charge >= 0.3 is 29.6 Å². The van der Waals surface area contributed by atoms with Crippen molar-refractivity contribution in [1.29, 1.82) is 0 Å². The van der Waals surface area contributed by atoms with Gasteiger partial charge in [0.05, 0.1) is 0 Å². The Bertz CT molecular complexity index is 112. The second kappa shape index (κ2) is 3.30. The number of hydrogen-bond donors (Lipinski definition) is 0. The maximum atomic E-state index is 3.92. The van der Waals surface area contributed by atoms with Gasteiger partial charge in [-0.05, 0) is 0 Å². The minimum atomic E-state index is 0. The zero-order valence-electron chi connectivity index (χ0n) is 4.68. The van der Waals surface area contributed by atoms with Crippen LogP contribution in [0.1, 0.15) is 5.69 Å². The molecule has 0 aromatic carbocycles. The fourth-order valence-corrected chi connectivity index (χ4v) is 0.386. The van der Waals surface area contributed by atoms with Crippen LogP contribution in [0.3, 0.4) is 0 Å². The van der Waals surface area contributed by atoms with E-state index in [2.05, 4.69) is 4.98 Å². The van der Waals surface area contributed by atoms with Gasteiger partial charge in [-0.3, -0.25) is 0 Å². The Kier molecular flexibility index (Phi) is 3.44. The van der Waals surface area contributed by atoms with Gasteiger partial charge in [-0.15, -0.1) is 0 Å². The standard InChI is InChI=1S/C5H6N.Na/c1-5-3-2-4-6-5;/h2-4H,1H3;/q-1;+1. The van der Waals surface area contributed by atoms with Crippen molar-refractivity contribution in [2.24, 2.45) is 0 Å². The molecule has 1 aromatic heterocycles. The van der Waals surface area contributed by atoms with E-state index in [9.17, 15) is 0 Å². The number of hydrogen-bond acceptors (Lipinski definition) is 0.